The first-order chi connectivity index (χ1) is 9.08. The highest BCUT2D eigenvalue weighted by Gasteiger charge is 2.17. The number of hydrogen-bond donors (Lipinski definition) is 1. The molecular weight excluding hydrogens is 270 g/mol. The molecule has 1 saturated heterocycles. The first kappa shape index (κ1) is 14.3. The van der Waals surface area contributed by atoms with Gasteiger partial charge in [0.25, 0.3) is 5.56 Å². The van der Waals surface area contributed by atoms with Crippen LogP contribution in [0.15, 0.2) is 11.0 Å². The summed E-state index contributed by atoms with van der Waals surface area (Å²) in [7, 11) is 1.56. The molecule has 0 bridgehead atoms. The molecule has 7 heteroatoms. The molecule has 106 valence electrons. The molecule has 1 aromatic heterocycles. The smallest absolute Gasteiger partial charge is 0.287 e. The van der Waals surface area contributed by atoms with Crippen molar-refractivity contribution in [2.75, 3.05) is 25.1 Å². The molecule has 0 radical (unpaired) electrons. The molecule has 1 N–H and O–H groups in total. The maximum Gasteiger partial charge on any atom is 0.287 e. The number of anilines is 1. The zero-order chi connectivity index (χ0) is 13.8. The van der Waals surface area contributed by atoms with Gasteiger partial charge in [0.15, 0.2) is 0 Å². The van der Waals surface area contributed by atoms with Crippen molar-refractivity contribution in [1.82, 2.24) is 9.78 Å². The van der Waals surface area contributed by atoms with Gasteiger partial charge in [0.2, 0.25) is 0 Å². The number of aryl methyl sites for hydroxylation is 1. The van der Waals surface area contributed by atoms with E-state index in [-0.39, 0.29) is 22.7 Å². The molecule has 2 unspecified atom stereocenters. The van der Waals surface area contributed by atoms with Crippen molar-refractivity contribution in [3.63, 3.8) is 0 Å². The number of nitrogens with one attached hydrogen (secondary N) is 1. The molecule has 1 fully saturated rings. The monoisotopic (exact) mass is 287 g/mol. The van der Waals surface area contributed by atoms with Gasteiger partial charge in [-0.25, -0.2) is 4.68 Å². The molecule has 0 aliphatic carbocycles. The Kier molecular flexibility index (Phi) is 4.79. The fourth-order valence-electron chi connectivity index (χ4n) is 1.84. The van der Waals surface area contributed by atoms with Crippen molar-refractivity contribution in [3.8, 4) is 0 Å². The number of halogens is 1. The molecule has 0 aromatic carbocycles. The maximum atomic E-state index is 11.6. The topological polar surface area (TPSA) is 65.4 Å². The van der Waals surface area contributed by atoms with E-state index in [4.69, 9.17) is 21.1 Å². The van der Waals surface area contributed by atoms with Crippen molar-refractivity contribution in [2.45, 2.75) is 25.5 Å². The zero-order valence-corrected chi connectivity index (χ0v) is 11.8. The van der Waals surface area contributed by atoms with Crippen LogP contribution in [0.1, 0.15) is 13.3 Å². The molecule has 0 amide bonds. The predicted molar refractivity (Wildman–Crippen MR) is 72.7 cm³/mol. The van der Waals surface area contributed by atoms with Crippen molar-refractivity contribution >= 4 is 17.3 Å². The summed E-state index contributed by atoms with van der Waals surface area (Å²) in [5, 5.41) is 7.20. The molecule has 6 nitrogen and oxygen atoms in total. The molecule has 1 aliphatic rings. The van der Waals surface area contributed by atoms with E-state index in [0.717, 1.165) is 13.0 Å². The Bertz CT molecular complexity index is 486. The maximum absolute atomic E-state index is 11.6. The summed E-state index contributed by atoms with van der Waals surface area (Å²) in [6.07, 6.45) is 2.64. The van der Waals surface area contributed by atoms with Gasteiger partial charge < -0.3 is 14.8 Å². The van der Waals surface area contributed by atoms with E-state index in [1.807, 2.05) is 6.92 Å². The van der Waals surface area contributed by atoms with E-state index in [1.54, 1.807) is 13.2 Å². The van der Waals surface area contributed by atoms with Crippen LogP contribution in [0.3, 0.4) is 0 Å². The largest absolute Gasteiger partial charge is 0.379 e. The quantitative estimate of drug-likeness (QED) is 0.876. The van der Waals surface area contributed by atoms with Gasteiger partial charge in [-0.05, 0) is 13.3 Å². The van der Waals surface area contributed by atoms with E-state index in [0.29, 0.717) is 18.9 Å². The van der Waals surface area contributed by atoms with Crippen molar-refractivity contribution in [2.24, 2.45) is 7.05 Å². The first-order valence-corrected chi connectivity index (χ1v) is 6.63. The van der Waals surface area contributed by atoms with Gasteiger partial charge in [0, 0.05) is 19.7 Å². The first-order valence-electron chi connectivity index (χ1n) is 6.25. The Morgan fingerprint density at radius 2 is 2.53 bits per heavy atom. The van der Waals surface area contributed by atoms with Crippen LogP contribution in [0.5, 0.6) is 0 Å². The summed E-state index contributed by atoms with van der Waals surface area (Å²) in [5.74, 6) is 0. The number of hydrogen-bond acceptors (Lipinski definition) is 5. The van der Waals surface area contributed by atoms with Crippen LogP contribution in [0.25, 0.3) is 0 Å². The fourth-order valence-corrected chi connectivity index (χ4v) is 2.07. The van der Waals surface area contributed by atoms with Crippen molar-refractivity contribution in [1.29, 1.82) is 0 Å². The van der Waals surface area contributed by atoms with Gasteiger partial charge >= 0.3 is 0 Å². The number of nitrogens with zero attached hydrogens (tertiary/aromatic N) is 2. The lowest BCUT2D eigenvalue weighted by Crippen LogP contribution is -2.28. The third-order valence-corrected chi connectivity index (χ3v) is 3.32. The molecular formula is C12H18ClN3O3. The summed E-state index contributed by atoms with van der Waals surface area (Å²) in [5.41, 5.74) is 0.215. The minimum absolute atomic E-state index is 0.0343. The van der Waals surface area contributed by atoms with Crippen LogP contribution >= 0.6 is 11.6 Å². The molecule has 19 heavy (non-hydrogen) atoms. The average molecular weight is 288 g/mol. The Balaban J connectivity index is 1.89. The van der Waals surface area contributed by atoms with Gasteiger partial charge in [0.1, 0.15) is 5.02 Å². The number of rotatable bonds is 5. The highest BCUT2D eigenvalue weighted by molar-refractivity contribution is 6.32. The summed E-state index contributed by atoms with van der Waals surface area (Å²) in [4.78, 5) is 11.6. The van der Waals surface area contributed by atoms with E-state index in [9.17, 15) is 4.79 Å². The lowest BCUT2D eigenvalue weighted by molar-refractivity contribution is 0.0395. The standard InChI is InChI=1S/C12H18ClN3O3/c1-8(6-19-9-3-4-18-7-9)15-10-5-14-16(2)12(17)11(10)13/h5,8-9,15H,3-4,6-7H2,1-2H3. The molecule has 2 heterocycles. The Morgan fingerprint density at radius 3 is 3.21 bits per heavy atom. The lowest BCUT2D eigenvalue weighted by Gasteiger charge is -2.18. The Morgan fingerprint density at radius 1 is 1.74 bits per heavy atom. The third-order valence-electron chi connectivity index (χ3n) is 2.95. The molecule has 0 saturated carbocycles. The van der Waals surface area contributed by atoms with E-state index in [2.05, 4.69) is 10.4 Å². The van der Waals surface area contributed by atoms with Crippen LogP contribution in [0.2, 0.25) is 5.02 Å². The van der Waals surface area contributed by atoms with E-state index >= 15 is 0 Å². The second-order valence-corrected chi connectivity index (χ2v) is 5.04. The van der Waals surface area contributed by atoms with Crippen LogP contribution in [-0.2, 0) is 16.5 Å². The van der Waals surface area contributed by atoms with Crippen LogP contribution in [0, 0.1) is 0 Å². The molecule has 1 aliphatic heterocycles. The molecule has 0 spiro atoms. The molecule has 2 rings (SSSR count). The predicted octanol–water partition coefficient (Wildman–Crippen LogP) is 1.04. The summed E-state index contributed by atoms with van der Waals surface area (Å²) in [6.45, 7) is 3.90. The lowest BCUT2D eigenvalue weighted by atomic mass is 10.3. The van der Waals surface area contributed by atoms with E-state index in [1.165, 1.54) is 4.68 Å². The van der Waals surface area contributed by atoms with Crippen LogP contribution in [0.4, 0.5) is 5.69 Å². The van der Waals surface area contributed by atoms with Gasteiger partial charge in [-0.2, -0.15) is 5.10 Å². The number of ether oxygens (including phenoxy) is 2. The third kappa shape index (κ3) is 3.68. The molecule has 1 aromatic rings. The summed E-state index contributed by atoms with van der Waals surface area (Å²) in [6, 6.07) is 0.0343. The normalized spacial score (nSPS) is 20.5. The fraction of sp³-hybridized carbons (Fsp3) is 0.667. The molecule has 2 atom stereocenters. The number of aromatic nitrogens is 2. The van der Waals surface area contributed by atoms with Crippen molar-refractivity contribution in [3.05, 3.63) is 21.6 Å². The van der Waals surface area contributed by atoms with Crippen LogP contribution in [-0.4, -0.2) is 41.7 Å². The van der Waals surface area contributed by atoms with Crippen LogP contribution < -0.4 is 10.9 Å². The van der Waals surface area contributed by atoms with E-state index < -0.39 is 0 Å². The average Bonchev–Trinajstić information content (AvgIpc) is 2.90. The Labute approximate surface area is 116 Å². The highest BCUT2D eigenvalue weighted by Crippen LogP contribution is 2.16. The van der Waals surface area contributed by atoms with Crippen molar-refractivity contribution < 1.29 is 9.47 Å². The zero-order valence-electron chi connectivity index (χ0n) is 11.1. The second kappa shape index (κ2) is 6.36. The Hall–Kier alpha value is -1.11. The second-order valence-electron chi connectivity index (χ2n) is 4.67. The summed E-state index contributed by atoms with van der Waals surface area (Å²) < 4.78 is 12.1. The minimum Gasteiger partial charge on any atom is -0.379 e. The van der Waals surface area contributed by atoms with Gasteiger partial charge in [-0.3, -0.25) is 4.79 Å². The summed E-state index contributed by atoms with van der Waals surface area (Å²) >= 11 is 5.97. The minimum atomic E-state index is -0.316. The SMILES string of the molecule is CC(COC1CCOC1)Nc1cnn(C)c(=O)c1Cl. The van der Waals surface area contributed by atoms with Gasteiger partial charge in [0.05, 0.1) is 31.2 Å². The van der Waals surface area contributed by atoms with Gasteiger partial charge in [-0.15, -0.1) is 0 Å². The van der Waals surface area contributed by atoms with Gasteiger partial charge in [-0.1, -0.05) is 11.6 Å². The highest BCUT2D eigenvalue weighted by atomic mass is 35.5.